The number of nitrogens with zero attached hydrogens (tertiary/aromatic N) is 3. The molecule has 0 N–H and O–H groups in total. The average Bonchev–Trinajstić information content (AvgIpc) is 3.21. The van der Waals surface area contributed by atoms with Gasteiger partial charge in [-0.05, 0) is 55.3 Å². The fourth-order valence-electron chi connectivity index (χ4n) is 4.09. The number of carbonyl (C=O) groups is 1. The van der Waals surface area contributed by atoms with Crippen LogP contribution in [-0.4, -0.2) is 21.8 Å². The van der Waals surface area contributed by atoms with Crippen LogP contribution in [0.15, 0.2) is 54.0 Å². The molecule has 0 spiro atoms. The summed E-state index contributed by atoms with van der Waals surface area (Å²) in [5.74, 6) is 0.100. The maximum Gasteiger partial charge on any atom is 0.133 e. The van der Waals surface area contributed by atoms with Crippen LogP contribution in [0.2, 0.25) is 0 Å². The molecule has 4 aromatic rings. The number of benzene rings is 2. The van der Waals surface area contributed by atoms with Gasteiger partial charge in [-0.1, -0.05) is 6.07 Å². The first-order valence-electron chi connectivity index (χ1n) is 9.82. The molecule has 1 saturated carbocycles. The van der Waals surface area contributed by atoms with Gasteiger partial charge >= 0.3 is 0 Å². The van der Waals surface area contributed by atoms with Gasteiger partial charge in [0, 0.05) is 30.0 Å². The molecule has 4 nitrogen and oxygen atoms in total. The van der Waals surface area contributed by atoms with Crippen molar-refractivity contribution in [2.24, 2.45) is 0 Å². The monoisotopic (exact) mass is 405 g/mol. The number of anilines is 1. The summed E-state index contributed by atoms with van der Waals surface area (Å²) in [6.07, 6.45) is 2.99. The second kappa shape index (κ2) is 7.52. The molecule has 0 amide bonds. The number of hydrogen-bond acceptors (Lipinski definition) is 5. The minimum atomic E-state index is -0.251. The fourth-order valence-corrected chi connectivity index (χ4v) is 4.80. The van der Waals surface area contributed by atoms with Crippen LogP contribution in [0.3, 0.4) is 0 Å². The Morgan fingerprint density at radius 1 is 1.03 bits per heavy atom. The van der Waals surface area contributed by atoms with Crippen molar-refractivity contribution in [2.45, 2.75) is 38.3 Å². The van der Waals surface area contributed by atoms with Crippen molar-refractivity contribution in [1.29, 1.82) is 0 Å². The average molecular weight is 405 g/mol. The Hall–Kier alpha value is -2.86. The number of hydrogen-bond donors (Lipinski definition) is 0. The predicted octanol–water partition coefficient (Wildman–Crippen LogP) is 5.50. The second-order valence-corrected chi connectivity index (χ2v) is 8.43. The van der Waals surface area contributed by atoms with Gasteiger partial charge in [0.1, 0.15) is 11.6 Å². The van der Waals surface area contributed by atoms with Gasteiger partial charge in [0.25, 0.3) is 0 Å². The molecule has 1 aliphatic carbocycles. The molecule has 146 valence electrons. The molecule has 2 aromatic carbocycles. The third-order valence-corrected chi connectivity index (χ3v) is 6.43. The molecule has 1 fully saturated rings. The second-order valence-electron chi connectivity index (χ2n) is 7.54. The Bertz CT molecular complexity index is 1200. The maximum absolute atomic E-state index is 13.5. The number of aromatic nitrogens is 2. The number of halogens is 1. The number of thiazole rings is 1. The van der Waals surface area contributed by atoms with E-state index in [1.165, 1.54) is 12.1 Å². The van der Waals surface area contributed by atoms with E-state index in [1.807, 2.05) is 17.6 Å². The quantitative estimate of drug-likeness (QED) is 0.450. The van der Waals surface area contributed by atoms with Gasteiger partial charge in [-0.3, -0.25) is 9.78 Å². The van der Waals surface area contributed by atoms with Gasteiger partial charge in [0.2, 0.25) is 0 Å². The first-order chi connectivity index (χ1) is 14.2. The van der Waals surface area contributed by atoms with Gasteiger partial charge in [-0.25, -0.2) is 9.37 Å². The summed E-state index contributed by atoms with van der Waals surface area (Å²) in [6, 6.07) is 15.2. The van der Waals surface area contributed by atoms with Crippen molar-refractivity contribution >= 4 is 43.9 Å². The van der Waals surface area contributed by atoms with E-state index >= 15 is 0 Å². The van der Waals surface area contributed by atoms with Crippen LogP contribution in [0.25, 0.3) is 21.1 Å². The molecule has 0 aliphatic heterocycles. The van der Waals surface area contributed by atoms with Crippen molar-refractivity contribution in [3.63, 3.8) is 0 Å². The van der Waals surface area contributed by atoms with E-state index in [2.05, 4.69) is 28.1 Å². The van der Waals surface area contributed by atoms with Gasteiger partial charge in [-0.2, -0.15) is 0 Å². The Labute approximate surface area is 172 Å². The van der Waals surface area contributed by atoms with Crippen LogP contribution in [0.5, 0.6) is 0 Å². The zero-order chi connectivity index (χ0) is 19.8. The molecule has 1 aliphatic rings. The number of pyridine rings is 1. The zero-order valence-electron chi connectivity index (χ0n) is 15.8. The summed E-state index contributed by atoms with van der Waals surface area (Å²) in [6.45, 7) is 0.649. The normalized spacial score (nSPS) is 15.3. The molecular weight excluding hydrogens is 385 g/mol. The molecule has 2 aromatic heterocycles. The van der Waals surface area contributed by atoms with Gasteiger partial charge in [0.05, 0.1) is 33.5 Å². The van der Waals surface area contributed by atoms with E-state index in [-0.39, 0.29) is 5.82 Å². The summed E-state index contributed by atoms with van der Waals surface area (Å²) in [7, 11) is 0. The molecule has 0 unspecified atom stereocenters. The summed E-state index contributed by atoms with van der Waals surface area (Å²) >= 11 is 1.63. The third kappa shape index (κ3) is 3.72. The van der Waals surface area contributed by atoms with Crippen LogP contribution in [-0.2, 0) is 11.3 Å². The molecule has 29 heavy (non-hydrogen) atoms. The van der Waals surface area contributed by atoms with E-state index < -0.39 is 0 Å². The molecule has 2 heterocycles. The van der Waals surface area contributed by atoms with Crippen molar-refractivity contribution in [3.8, 4) is 0 Å². The van der Waals surface area contributed by atoms with E-state index in [1.54, 1.807) is 17.4 Å². The van der Waals surface area contributed by atoms with Crippen molar-refractivity contribution < 1.29 is 9.18 Å². The number of Topliss-reactive ketones (excluding diaryl/α,β-unsaturated/α-hetero) is 1. The molecular formula is C23H20FN3OS. The largest absolute Gasteiger partial charge is 0.363 e. The highest BCUT2D eigenvalue weighted by molar-refractivity contribution is 7.16. The minimum absolute atomic E-state index is 0.251. The van der Waals surface area contributed by atoms with E-state index in [9.17, 15) is 9.18 Å². The Kier molecular flexibility index (Phi) is 4.72. The van der Waals surface area contributed by atoms with E-state index in [0.29, 0.717) is 31.2 Å². The lowest BCUT2D eigenvalue weighted by Gasteiger charge is -2.35. The Morgan fingerprint density at radius 3 is 2.72 bits per heavy atom. The summed E-state index contributed by atoms with van der Waals surface area (Å²) in [4.78, 5) is 23.3. The summed E-state index contributed by atoms with van der Waals surface area (Å²) in [5.41, 5.74) is 5.72. The standard InChI is InChI=1S/C23H20FN3OS/c24-16-2-9-21-15(11-16)1-3-17(26-21)13-27(18-4-7-20(28)8-5-18)19-6-10-22-23(12-19)29-14-25-22/h1-3,6,9-12,14,18H,4-5,7-8,13H2. The van der Waals surface area contributed by atoms with Gasteiger partial charge in [0.15, 0.2) is 0 Å². The molecule has 0 bridgehead atoms. The minimum Gasteiger partial charge on any atom is -0.363 e. The van der Waals surface area contributed by atoms with Gasteiger partial charge < -0.3 is 4.90 Å². The van der Waals surface area contributed by atoms with Crippen molar-refractivity contribution in [3.05, 3.63) is 65.6 Å². The van der Waals surface area contributed by atoms with Crippen molar-refractivity contribution in [1.82, 2.24) is 9.97 Å². The number of rotatable bonds is 4. The smallest absolute Gasteiger partial charge is 0.133 e. The number of ketones is 1. The lowest BCUT2D eigenvalue weighted by molar-refractivity contribution is -0.120. The fraction of sp³-hybridized carbons (Fsp3) is 0.261. The Balaban J connectivity index is 1.50. The van der Waals surface area contributed by atoms with Crippen LogP contribution in [0, 0.1) is 5.82 Å². The highest BCUT2D eigenvalue weighted by Crippen LogP contribution is 2.31. The Morgan fingerprint density at radius 2 is 1.86 bits per heavy atom. The molecule has 0 radical (unpaired) electrons. The summed E-state index contributed by atoms with van der Waals surface area (Å²) in [5, 5.41) is 0.801. The van der Waals surface area contributed by atoms with Crippen LogP contribution < -0.4 is 4.90 Å². The highest BCUT2D eigenvalue weighted by Gasteiger charge is 2.25. The lowest BCUT2D eigenvalue weighted by Crippen LogP contribution is -2.38. The number of carbonyl (C=O) groups excluding carboxylic acids is 1. The third-order valence-electron chi connectivity index (χ3n) is 5.64. The van der Waals surface area contributed by atoms with Gasteiger partial charge in [-0.15, -0.1) is 11.3 Å². The summed E-state index contributed by atoms with van der Waals surface area (Å²) < 4.78 is 14.6. The SMILES string of the molecule is O=C1CCC(N(Cc2ccc3cc(F)ccc3n2)c2ccc3ncsc3c2)CC1. The lowest BCUT2D eigenvalue weighted by atomic mass is 9.92. The van der Waals surface area contributed by atoms with Crippen LogP contribution in [0.4, 0.5) is 10.1 Å². The maximum atomic E-state index is 13.5. The highest BCUT2D eigenvalue weighted by atomic mass is 32.1. The molecule has 0 atom stereocenters. The van der Waals surface area contributed by atoms with E-state index in [0.717, 1.165) is 45.3 Å². The zero-order valence-corrected chi connectivity index (χ0v) is 16.7. The van der Waals surface area contributed by atoms with E-state index in [4.69, 9.17) is 4.98 Å². The first kappa shape index (κ1) is 18.2. The van der Waals surface area contributed by atoms with Crippen LogP contribution >= 0.6 is 11.3 Å². The molecule has 5 rings (SSSR count). The van der Waals surface area contributed by atoms with Crippen LogP contribution in [0.1, 0.15) is 31.4 Å². The molecule has 6 heteroatoms. The topological polar surface area (TPSA) is 46.1 Å². The molecule has 0 saturated heterocycles. The van der Waals surface area contributed by atoms with Crippen molar-refractivity contribution in [2.75, 3.05) is 4.90 Å². The predicted molar refractivity (Wildman–Crippen MR) is 115 cm³/mol. The number of fused-ring (bicyclic) bond motifs is 2. The first-order valence-corrected chi connectivity index (χ1v) is 10.7.